The summed E-state index contributed by atoms with van der Waals surface area (Å²) in [4.78, 5) is 12.6. The van der Waals surface area contributed by atoms with Gasteiger partial charge in [0.05, 0.1) is 6.10 Å². The molecule has 0 heterocycles. The Kier molecular flexibility index (Phi) is 4.60. The van der Waals surface area contributed by atoms with Gasteiger partial charge in [0.1, 0.15) is 5.78 Å². The molecule has 0 amide bonds. The molecule has 2 saturated carbocycles. The van der Waals surface area contributed by atoms with Crippen molar-refractivity contribution in [1.82, 2.24) is 0 Å². The number of hydrogen-bond acceptors (Lipinski definition) is 2. The van der Waals surface area contributed by atoms with Crippen LogP contribution in [0.25, 0.3) is 0 Å². The van der Waals surface area contributed by atoms with Gasteiger partial charge in [-0.3, -0.25) is 4.79 Å². The third-order valence-corrected chi connectivity index (χ3v) is 4.91. The molecule has 0 bridgehead atoms. The predicted octanol–water partition coefficient (Wildman–Crippen LogP) is 3.90. The van der Waals surface area contributed by atoms with E-state index in [4.69, 9.17) is 4.74 Å². The minimum atomic E-state index is 0.0105. The highest BCUT2D eigenvalue weighted by Gasteiger charge is 2.51. The zero-order valence-electron chi connectivity index (χ0n) is 11.6. The molecule has 2 aliphatic carbocycles. The topological polar surface area (TPSA) is 26.3 Å². The summed E-state index contributed by atoms with van der Waals surface area (Å²) in [7, 11) is 0. The highest BCUT2D eigenvalue weighted by Crippen LogP contribution is 2.53. The van der Waals surface area contributed by atoms with Crippen molar-refractivity contribution in [2.45, 2.75) is 64.4 Å². The third kappa shape index (κ3) is 2.54. The summed E-state index contributed by atoms with van der Waals surface area (Å²) in [6, 6.07) is 0. The second-order valence-electron chi connectivity index (χ2n) is 5.87. The van der Waals surface area contributed by atoms with Crippen LogP contribution < -0.4 is 0 Å². The Hall–Kier alpha value is -0.630. The summed E-state index contributed by atoms with van der Waals surface area (Å²) in [6.07, 6.45) is 10.7. The first-order valence-corrected chi connectivity index (χ1v) is 7.48. The van der Waals surface area contributed by atoms with Gasteiger partial charge in [0.2, 0.25) is 0 Å². The summed E-state index contributed by atoms with van der Waals surface area (Å²) in [5.41, 5.74) is 0.0105. The smallest absolute Gasteiger partial charge is 0.141 e. The van der Waals surface area contributed by atoms with Crippen LogP contribution in [-0.2, 0) is 9.53 Å². The number of hydrogen-bond donors (Lipinski definition) is 0. The van der Waals surface area contributed by atoms with Crippen LogP contribution in [0, 0.1) is 11.3 Å². The van der Waals surface area contributed by atoms with E-state index in [2.05, 4.69) is 6.58 Å². The lowest BCUT2D eigenvalue weighted by atomic mass is 9.64. The zero-order valence-corrected chi connectivity index (χ0v) is 11.6. The van der Waals surface area contributed by atoms with Crippen molar-refractivity contribution in [2.24, 2.45) is 11.3 Å². The zero-order chi connectivity index (χ0) is 13.0. The monoisotopic (exact) mass is 250 g/mol. The van der Waals surface area contributed by atoms with E-state index in [-0.39, 0.29) is 11.5 Å². The number of carbonyl (C=O) groups excluding carboxylic acids is 1. The maximum atomic E-state index is 12.6. The number of allylic oxidation sites excluding steroid dienone is 1. The molecule has 0 saturated heterocycles. The van der Waals surface area contributed by atoms with Gasteiger partial charge in [0, 0.05) is 18.4 Å². The van der Waals surface area contributed by atoms with Gasteiger partial charge in [0.15, 0.2) is 0 Å². The second-order valence-corrected chi connectivity index (χ2v) is 5.87. The molecule has 0 aromatic rings. The Morgan fingerprint density at radius 1 is 1.56 bits per heavy atom. The van der Waals surface area contributed by atoms with E-state index in [0.29, 0.717) is 18.1 Å². The molecule has 0 aromatic heterocycles. The largest absolute Gasteiger partial charge is 0.378 e. The minimum absolute atomic E-state index is 0.0105. The SMILES string of the molecule is C=CCCC[C@]12CCC[C@H]1C[C@@H](OCC)CC2=O. The van der Waals surface area contributed by atoms with Crippen molar-refractivity contribution in [2.75, 3.05) is 6.61 Å². The molecular weight excluding hydrogens is 224 g/mol. The number of ketones is 1. The summed E-state index contributed by atoms with van der Waals surface area (Å²) in [6.45, 7) is 6.53. The summed E-state index contributed by atoms with van der Waals surface area (Å²) in [5, 5.41) is 0. The highest BCUT2D eigenvalue weighted by atomic mass is 16.5. The number of fused-ring (bicyclic) bond motifs is 1. The number of carbonyl (C=O) groups is 1. The molecule has 2 heteroatoms. The molecule has 102 valence electrons. The third-order valence-electron chi connectivity index (χ3n) is 4.91. The normalized spacial score (nSPS) is 35.5. The van der Waals surface area contributed by atoms with Crippen LogP contribution in [0.1, 0.15) is 58.3 Å². The average molecular weight is 250 g/mol. The Morgan fingerprint density at radius 3 is 3.11 bits per heavy atom. The fourth-order valence-electron chi connectivity index (χ4n) is 4.06. The van der Waals surface area contributed by atoms with E-state index in [9.17, 15) is 4.79 Å². The van der Waals surface area contributed by atoms with Gasteiger partial charge in [-0.05, 0) is 51.4 Å². The lowest BCUT2D eigenvalue weighted by Crippen LogP contribution is -2.44. The Labute approximate surface area is 111 Å². The molecule has 0 unspecified atom stereocenters. The fourth-order valence-corrected chi connectivity index (χ4v) is 4.06. The van der Waals surface area contributed by atoms with Gasteiger partial charge >= 0.3 is 0 Å². The molecule has 18 heavy (non-hydrogen) atoms. The maximum absolute atomic E-state index is 12.6. The Balaban J connectivity index is 2.03. The Morgan fingerprint density at radius 2 is 2.39 bits per heavy atom. The van der Waals surface area contributed by atoms with Crippen molar-refractivity contribution in [3.63, 3.8) is 0 Å². The van der Waals surface area contributed by atoms with Gasteiger partial charge < -0.3 is 4.74 Å². The van der Waals surface area contributed by atoms with E-state index in [1.165, 1.54) is 12.8 Å². The van der Waals surface area contributed by atoms with E-state index in [1.807, 2.05) is 13.0 Å². The van der Waals surface area contributed by atoms with Crippen molar-refractivity contribution in [1.29, 1.82) is 0 Å². The molecule has 0 aromatic carbocycles. The van der Waals surface area contributed by atoms with Crippen molar-refractivity contribution in [3.8, 4) is 0 Å². The molecule has 2 aliphatic rings. The van der Waals surface area contributed by atoms with Crippen LogP contribution >= 0.6 is 0 Å². The summed E-state index contributed by atoms with van der Waals surface area (Å²) < 4.78 is 5.70. The molecule has 3 atom stereocenters. The van der Waals surface area contributed by atoms with Crippen LogP contribution in [0.4, 0.5) is 0 Å². The van der Waals surface area contributed by atoms with Crippen molar-refractivity contribution in [3.05, 3.63) is 12.7 Å². The first-order chi connectivity index (χ1) is 8.73. The van der Waals surface area contributed by atoms with Crippen LogP contribution in [0.5, 0.6) is 0 Å². The summed E-state index contributed by atoms with van der Waals surface area (Å²) in [5.74, 6) is 1.07. The van der Waals surface area contributed by atoms with Gasteiger partial charge in [-0.1, -0.05) is 12.5 Å². The van der Waals surface area contributed by atoms with Crippen molar-refractivity contribution < 1.29 is 9.53 Å². The molecule has 0 aliphatic heterocycles. The molecule has 2 nitrogen and oxygen atoms in total. The van der Waals surface area contributed by atoms with Crippen LogP contribution in [0.15, 0.2) is 12.7 Å². The molecule has 0 radical (unpaired) electrons. The first kappa shape index (κ1) is 13.8. The van der Waals surface area contributed by atoms with Crippen molar-refractivity contribution >= 4 is 5.78 Å². The van der Waals surface area contributed by atoms with E-state index in [1.54, 1.807) is 0 Å². The number of Topliss-reactive ketones (excluding diaryl/α,β-unsaturated/α-hetero) is 1. The first-order valence-electron chi connectivity index (χ1n) is 7.48. The second kappa shape index (κ2) is 6.01. The minimum Gasteiger partial charge on any atom is -0.378 e. The van der Waals surface area contributed by atoms with E-state index < -0.39 is 0 Å². The summed E-state index contributed by atoms with van der Waals surface area (Å²) >= 11 is 0. The molecular formula is C16H26O2. The van der Waals surface area contributed by atoms with Crippen LogP contribution in [0.2, 0.25) is 0 Å². The molecule has 2 fully saturated rings. The van der Waals surface area contributed by atoms with Gasteiger partial charge in [0.25, 0.3) is 0 Å². The Bertz CT molecular complexity index is 310. The van der Waals surface area contributed by atoms with Crippen LogP contribution in [-0.4, -0.2) is 18.5 Å². The standard InChI is InChI=1S/C16H26O2/c1-3-5-6-9-16-10-7-8-13(16)11-14(18-4-2)12-15(16)17/h3,13-14H,1,4-12H2,2H3/t13-,14+,16-/m0/s1. The molecule has 0 spiro atoms. The number of rotatable bonds is 6. The lowest BCUT2D eigenvalue weighted by molar-refractivity contribution is -0.141. The number of unbranched alkanes of at least 4 members (excludes halogenated alkanes) is 1. The predicted molar refractivity (Wildman–Crippen MR) is 73.5 cm³/mol. The van der Waals surface area contributed by atoms with Gasteiger partial charge in [-0.15, -0.1) is 6.58 Å². The fraction of sp³-hybridized carbons (Fsp3) is 0.812. The quantitative estimate of drug-likeness (QED) is 0.528. The molecule has 0 N–H and O–H groups in total. The van der Waals surface area contributed by atoms with E-state index >= 15 is 0 Å². The number of ether oxygens (including phenoxy) is 1. The highest BCUT2D eigenvalue weighted by molar-refractivity contribution is 5.86. The van der Waals surface area contributed by atoms with E-state index in [0.717, 1.165) is 38.7 Å². The van der Waals surface area contributed by atoms with Gasteiger partial charge in [-0.2, -0.15) is 0 Å². The maximum Gasteiger partial charge on any atom is 0.141 e. The lowest BCUT2D eigenvalue weighted by Gasteiger charge is -2.41. The molecule has 2 rings (SSSR count). The average Bonchev–Trinajstić information content (AvgIpc) is 2.75. The van der Waals surface area contributed by atoms with Crippen LogP contribution in [0.3, 0.4) is 0 Å². The van der Waals surface area contributed by atoms with Gasteiger partial charge in [-0.25, -0.2) is 0 Å².